The molecule has 0 aromatic carbocycles. The molecule has 2 aromatic rings. The first-order valence-corrected chi connectivity index (χ1v) is 8.27. The third kappa shape index (κ3) is 3.50. The number of thiazole rings is 1. The second-order valence-electron chi connectivity index (χ2n) is 5.26. The highest BCUT2D eigenvalue weighted by Crippen LogP contribution is 2.24. The highest BCUT2D eigenvalue weighted by Gasteiger charge is 2.23. The maximum absolute atomic E-state index is 12.2. The van der Waals surface area contributed by atoms with Gasteiger partial charge in [0.25, 0.3) is 5.91 Å². The van der Waals surface area contributed by atoms with Gasteiger partial charge in [0.2, 0.25) is 0 Å². The summed E-state index contributed by atoms with van der Waals surface area (Å²) in [6, 6.07) is 0. The summed E-state index contributed by atoms with van der Waals surface area (Å²) in [5.74, 6) is -0.00274. The van der Waals surface area contributed by atoms with Gasteiger partial charge in [-0.3, -0.25) is 4.79 Å². The lowest BCUT2D eigenvalue weighted by Gasteiger charge is -2.29. The van der Waals surface area contributed by atoms with Crippen molar-refractivity contribution in [1.29, 1.82) is 0 Å². The molecule has 0 aliphatic carbocycles. The third-order valence-corrected chi connectivity index (χ3v) is 5.02. The van der Waals surface area contributed by atoms with E-state index >= 15 is 0 Å². The van der Waals surface area contributed by atoms with Gasteiger partial charge in [-0.2, -0.15) is 0 Å². The third-order valence-electron chi connectivity index (χ3n) is 3.78. The lowest BCUT2D eigenvalue weighted by Crippen LogP contribution is -2.40. The molecule has 8 nitrogen and oxygen atoms in total. The molecule has 2 amide bonds. The van der Waals surface area contributed by atoms with Crippen LogP contribution in [0.3, 0.4) is 0 Å². The summed E-state index contributed by atoms with van der Waals surface area (Å²) in [4.78, 5) is 37.1. The lowest BCUT2D eigenvalue weighted by atomic mass is 9.97. The van der Waals surface area contributed by atoms with Crippen LogP contribution < -0.4 is 5.32 Å². The van der Waals surface area contributed by atoms with E-state index in [1.807, 2.05) is 0 Å². The molecular weight excluding hydrogens is 342 g/mol. The van der Waals surface area contributed by atoms with Crippen molar-refractivity contribution in [3.8, 4) is 0 Å². The van der Waals surface area contributed by atoms with Crippen molar-refractivity contribution in [2.24, 2.45) is 5.92 Å². The van der Waals surface area contributed by atoms with Crippen molar-refractivity contribution in [2.75, 3.05) is 19.6 Å². The number of hydrogen-bond acceptors (Lipinski definition) is 6. The summed E-state index contributed by atoms with van der Waals surface area (Å²) in [5.41, 5.74) is 0.430. The zero-order chi connectivity index (χ0) is 16.4. The molecule has 1 aliphatic heterocycles. The Labute approximate surface area is 140 Å². The summed E-state index contributed by atoms with van der Waals surface area (Å²) < 4.78 is 0. The summed E-state index contributed by atoms with van der Waals surface area (Å²) >= 11 is 7.09. The second kappa shape index (κ2) is 6.63. The fourth-order valence-corrected chi connectivity index (χ4v) is 3.52. The van der Waals surface area contributed by atoms with E-state index in [0.29, 0.717) is 35.0 Å². The van der Waals surface area contributed by atoms with E-state index in [9.17, 15) is 9.59 Å². The Hall–Kier alpha value is -2.00. The van der Waals surface area contributed by atoms with Gasteiger partial charge in [-0.25, -0.2) is 19.7 Å². The number of fused-ring (bicyclic) bond motifs is 1. The van der Waals surface area contributed by atoms with Crippen LogP contribution in [0.2, 0.25) is 5.15 Å². The molecule has 122 valence electrons. The molecule has 3 rings (SSSR count). The zero-order valence-corrected chi connectivity index (χ0v) is 13.6. The van der Waals surface area contributed by atoms with E-state index in [-0.39, 0.29) is 17.0 Å². The van der Waals surface area contributed by atoms with Crippen LogP contribution in [0.1, 0.15) is 22.6 Å². The van der Waals surface area contributed by atoms with Gasteiger partial charge < -0.3 is 15.3 Å². The average molecular weight is 356 g/mol. The van der Waals surface area contributed by atoms with Gasteiger partial charge in [0.05, 0.1) is 0 Å². The van der Waals surface area contributed by atoms with E-state index in [4.69, 9.17) is 16.7 Å². The first-order chi connectivity index (χ1) is 11.0. The van der Waals surface area contributed by atoms with Crippen LogP contribution in [0, 0.1) is 5.92 Å². The molecule has 3 heterocycles. The fraction of sp³-hybridized carbons (Fsp3) is 0.462. The quantitative estimate of drug-likeness (QED) is 0.813. The second-order valence-corrected chi connectivity index (χ2v) is 6.60. The lowest BCUT2D eigenvalue weighted by molar-refractivity contribution is 0.0928. The molecule has 0 saturated carbocycles. The number of carbonyl (C=O) groups is 2. The van der Waals surface area contributed by atoms with Crippen LogP contribution in [0.5, 0.6) is 0 Å². The number of carboxylic acid groups (broad SMARTS) is 1. The average Bonchev–Trinajstić information content (AvgIpc) is 2.99. The van der Waals surface area contributed by atoms with Crippen molar-refractivity contribution >= 4 is 45.3 Å². The summed E-state index contributed by atoms with van der Waals surface area (Å²) in [7, 11) is 0. The minimum Gasteiger partial charge on any atom is -0.465 e. The Morgan fingerprint density at radius 3 is 2.78 bits per heavy atom. The van der Waals surface area contributed by atoms with Crippen molar-refractivity contribution in [3.05, 3.63) is 16.5 Å². The van der Waals surface area contributed by atoms with Crippen LogP contribution >= 0.6 is 22.9 Å². The monoisotopic (exact) mass is 355 g/mol. The number of carbonyl (C=O) groups excluding carboxylic acids is 1. The number of amides is 2. The first-order valence-electron chi connectivity index (χ1n) is 7.07. The number of halogens is 1. The van der Waals surface area contributed by atoms with Crippen LogP contribution in [-0.4, -0.2) is 56.6 Å². The van der Waals surface area contributed by atoms with Crippen LogP contribution in [-0.2, 0) is 0 Å². The molecule has 2 aromatic heterocycles. The molecule has 1 fully saturated rings. The molecule has 0 spiro atoms. The number of rotatable bonds is 3. The van der Waals surface area contributed by atoms with Crippen LogP contribution in [0.4, 0.5) is 4.79 Å². The molecule has 0 bridgehead atoms. The maximum Gasteiger partial charge on any atom is 0.407 e. The zero-order valence-electron chi connectivity index (χ0n) is 12.0. The minimum atomic E-state index is -0.889. The molecule has 0 unspecified atom stereocenters. The Morgan fingerprint density at radius 1 is 1.39 bits per heavy atom. The SMILES string of the molecule is O=C(NCC1CCN(C(=O)O)CC1)c1nc2c(Cl)ncnc2s1. The van der Waals surface area contributed by atoms with E-state index in [2.05, 4.69) is 20.3 Å². The Morgan fingerprint density at radius 2 is 2.13 bits per heavy atom. The standard InChI is InChI=1S/C13H14ClN5O3S/c14-9-8-11(17-6-16-9)23-12(18-8)10(20)15-5-7-1-3-19(4-2-7)13(21)22/h6-7H,1-5H2,(H,15,20)(H,21,22). The van der Waals surface area contributed by atoms with E-state index < -0.39 is 6.09 Å². The van der Waals surface area contributed by atoms with Crippen LogP contribution in [0.25, 0.3) is 10.3 Å². The summed E-state index contributed by atoms with van der Waals surface area (Å²) in [6.07, 6.45) is 1.92. The number of piperidine rings is 1. The van der Waals surface area contributed by atoms with Crippen molar-refractivity contribution < 1.29 is 14.7 Å². The van der Waals surface area contributed by atoms with E-state index in [1.165, 1.54) is 22.6 Å². The summed E-state index contributed by atoms with van der Waals surface area (Å²) in [5, 5.41) is 12.3. The number of nitrogens with zero attached hydrogens (tertiary/aromatic N) is 4. The number of aromatic nitrogens is 3. The molecule has 10 heteroatoms. The maximum atomic E-state index is 12.2. The highest BCUT2D eigenvalue weighted by molar-refractivity contribution is 7.19. The smallest absolute Gasteiger partial charge is 0.407 e. The predicted octanol–water partition coefficient (Wildman–Crippen LogP) is 1.86. The van der Waals surface area contributed by atoms with Crippen molar-refractivity contribution in [1.82, 2.24) is 25.2 Å². The molecule has 1 aliphatic rings. The van der Waals surface area contributed by atoms with Gasteiger partial charge >= 0.3 is 6.09 Å². The number of likely N-dealkylation sites (tertiary alicyclic amines) is 1. The van der Waals surface area contributed by atoms with Gasteiger partial charge in [0, 0.05) is 19.6 Å². The molecule has 1 saturated heterocycles. The Balaban J connectivity index is 1.57. The predicted molar refractivity (Wildman–Crippen MR) is 84.9 cm³/mol. The van der Waals surface area contributed by atoms with Crippen molar-refractivity contribution in [2.45, 2.75) is 12.8 Å². The molecule has 2 N–H and O–H groups in total. The Kier molecular flexibility index (Phi) is 4.58. The van der Waals surface area contributed by atoms with Gasteiger partial charge in [0.1, 0.15) is 16.7 Å². The minimum absolute atomic E-state index is 0.228. The van der Waals surface area contributed by atoms with Gasteiger partial charge in [0.15, 0.2) is 10.2 Å². The van der Waals surface area contributed by atoms with E-state index in [1.54, 1.807) is 0 Å². The molecule has 0 radical (unpaired) electrons. The molecule has 23 heavy (non-hydrogen) atoms. The fourth-order valence-electron chi connectivity index (χ4n) is 2.47. The van der Waals surface area contributed by atoms with Gasteiger partial charge in [-0.1, -0.05) is 22.9 Å². The van der Waals surface area contributed by atoms with E-state index in [0.717, 1.165) is 12.8 Å². The largest absolute Gasteiger partial charge is 0.465 e. The topological polar surface area (TPSA) is 108 Å². The van der Waals surface area contributed by atoms with Crippen molar-refractivity contribution in [3.63, 3.8) is 0 Å². The molecule has 0 atom stereocenters. The number of hydrogen-bond donors (Lipinski definition) is 2. The Bertz CT molecular complexity index is 744. The first kappa shape index (κ1) is 15.9. The van der Waals surface area contributed by atoms with Gasteiger partial charge in [-0.15, -0.1) is 0 Å². The normalized spacial score (nSPS) is 15.8. The number of nitrogens with one attached hydrogen (secondary N) is 1. The van der Waals surface area contributed by atoms with Crippen LogP contribution in [0.15, 0.2) is 6.33 Å². The van der Waals surface area contributed by atoms with Gasteiger partial charge in [-0.05, 0) is 18.8 Å². The summed E-state index contributed by atoms with van der Waals surface area (Å²) in [6.45, 7) is 1.51. The molecular formula is C13H14ClN5O3S. The highest BCUT2D eigenvalue weighted by atomic mass is 35.5.